The van der Waals surface area contributed by atoms with E-state index in [9.17, 15) is 9.59 Å². The molecule has 2 aromatic rings. The molecule has 172 valence electrons. The number of hydrogen-bond acceptors (Lipinski definition) is 6. The average molecular weight is 460 g/mol. The lowest BCUT2D eigenvalue weighted by atomic mass is 9.96. The Morgan fingerprint density at radius 1 is 1.22 bits per heavy atom. The Morgan fingerprint density at radius 2 is 1.94 bits per heavy atom. The molecule has 2 amide bonds. The second-order valence-electron chi connectivity index (χ2n) is 8.91. The molecule has 0 bridgehead atoms. The third-order valence-corrected chi connectivity index (χ3v) is 5.33. The van der Waals surface area contributed by atoms with Crippen LogP contribution in [0, 0.1) is 5.92 Å². The molecular formula is C23H30ClN5O3. The largest absolute Gasteiger partial charge is 0.444 e. The Bertz CT molecular complexity index is 951. The van der Waals surface area contributed by atoms with Crippen LogP contribution in [0.4, 0.5) is 22.0 Å². The van der Waals surface area contributed by atoms with Gasteiger partial charge in [-0.05, 0) is 69.9 Å². The van der Waals surface area contributed by atoms with E-state index < -0.39 is 5.60 Å². The maximum Gasteiger partial charge on any atom is 0.410 e. The van der Waals surface area contributed by atoms with Crippen LogP contribution in [0.25, 0.3) is 0 Å². The molecule has 1 aliphatic heterocycles. The number of nitrogens with zero attached hydrogens (tertiary/aromatic N) is 2. The standard InChI is InChI=1S/C23H30ClN5O3/c1-23(2,3)32-22(31)29-10-8-15(9-11-29)13-26-19-6-5-17(25)12-18(19)21(30)28-20-7-4-16(24)14-27-20/h4-7,12,14-15,26H,8-11,13,25H2,1-3H3,(H,27,28,30). The summed E-state index contributed by atoms with van der Waals surface area (Å²) in [5.74, 6) is 0.469. The number of carbonyl (C=O) groups excluding carboxylic acids is 2. The Labute approximate surface area is 193 Å². The van der Waals surface area contributed by atoms with Crippen molar-refractivity contribution in [3.63, 3.8) is 0 Å². The van der Waals surface area contributed by atoms with E-state index in [1.165, 1.54) is 6.20 Å². The van der Waals surface area contributed by atoms with E-state index in [0.717, 1.165) is 12.8 Å². The molecule has 1 saturated heterocycles. The summed E-state index contributed by atoms with van der Waals surface area (Å²) in [4.78, 5) is 30.9. The number of halogens is 1. The third kappa shape index (κ3) is 6.75. The van der Waals surface area contributed by atoms with Gasteiger partial charge in [0.1, 0.15) is 11.4 Å². The fraction of sp³-hybridized carbons (Fsp3) is 0.435. The molecule has 0 aliphatic carbocycles. The smallest absolute Gasteiger partial charge is 0.410 e. The number of amides is 2. The first kappa shape index (κ1) is 23.7. The Balaban J connectivity index is 1.57. The summed E-state index contributed by atoms with van der Waals surface area (Å²) in [5.41, 5.74) is 7.05. The molecule has 8 nitrogen and oxygen atoms in total. The highest BCUT2D eigenvalue weighted by Crippen LogP contribution is 2.24. The predicted octanol–water partition coefficient (Wildman–Crippen LogP) is 4.63. The number of hydrogen-bond donors (Lipinski definition) is 3. The summed E-state index contributed by atoms with van der Waals surface area (Å²) in [6.07, 6.45) is 2.92. The molecule has 1 fully saturated rings. The van der Waals surface area contributed by atoms with Crippen LogP contribution in [0.1, 0.15) is 44.0 Å². The number of nitrogen functional groups attached to an aromatic ring is 1. The quantitative estimate of drug-likeness (QED) is 0.562. The predicted molar refractivity (Wildman–Crippen MR) is 127 cm³/mol. The van der Waals surface area contributed by atoms with Crippen LogP contribution >= 0.6 is 11.6 Å². The van der Waals surface area contributed by atoms with Crippen LogP contribution in [0.5, 0.6) is 0 Å². The maximum absolute atomic E-state index is 12.8. The lowest BCUT2D eigenvalue weighted by Gasteiger charge is -2.33. The van der Waals surface area contributed by atoms with Crippen molar-refractivity contribution in [1.82, 2.24) is 9.88 Å². The number of pyridine rings is 1. The second-order valence-corrected chi connectivity index (χ2v) is 9.35. The molecule has 0 spiro atoms. The highest BCUT2D eigenvalue weighted by molar-refractivity contribution is 6.30. The van der Waals surface area contributed by atoms with E-state index in [1.807, 2.05) is 20.8 Å². The SMILES string of the molecule is CC(C)(C)OC(=O)N1CCC(CNc2ccc(N)cc2C(=O)Nc2ccc(Cl)cn2)CC1. The van der Waals surface area contributed by atoms with Crippen molar-refractivity contribution in [2.45, 2.75) is 39.2 Å². The van der Waals surface area contributed by atoms with Crippen molar-refractivity contribution in [3.8, 4) is 0 Å². The van der Waals surface area contributed by atoms with Gasteiger partial charge in [-0.15, -0.1) is 0 Å². The monoisotopic (exact) mass is 459 g/mol. The van der Waals surface area contributed by atoms with Crippen molar-refractivity contribution in [1.29, 1.82) is 0 Å². The number of carbonyl (C=O) groups is 2. The van der Waals surface area contributed by atoms with Gasteiger partial charge in [0, 0.05) is 37.2 Å². The average Bonchev–Trinajstić information content (AvgIpc) is 2.73. The number of piperidine rings is 1. The minimum Gasteiger partial charge on any atom is -0.444 e. The van der Waals surface area contributed by atoms with Crippen molar-refractivity contribution < 1.29 is 14.3 Å². The van der Waals surface area contributed by atoms with Crippen molar-refractivity contribution in [3.05, 3.63) is 47.1 Å². The first-order valence-corrected chi connectivity index (χ1v) is 11.0. The van der Waals surface area contributed by atoms with E-state index >= 15 is 0 Å². The van der Waals surface area contributed by atoms with Crippen LogP contribution in [-0.2, 0) is 4.74 Å². The van der Waals surface area contributed by atoms with Gasteiger partial charge < -0.3 is 26.0 Å². The van der Waals surface area contributed by atoms with E-state index in [-0.39, 0.29) is 12.0 Å². The number of anilines is 3. The zero-order valence-corrected chi connectivity index (χ0v) is 19.4. The fourth-order valence-electron chi connectivity index (χ4n) is 3.44. The number of nitrogens with one attached hydrogen (secondary N) is 2. The van der Waals surface area contributed by atoms with Crippen LogP contribution in [0.2, 0.25) is 5.02 Å². The van der Waals surface area contributed by atoms with Gasteiger partial charge in [0.25, 0.3) is 5.91 Å². The van der Waals surface area contributed by atoms with E-state index in [1.54, 1.807) is 35.2 Å². The van der Waals surface area contributed by atoms with Gasteiger partial charge in [-0.3, -0.25) is 4.79 Å². The van der Waals surface area contributed by atoms with Crippen molar-refractivity contribution in [2.24, 2.45) is 5.92 Å². The molecule has 1 aliphatic rings. The normalized spacial score (nSPS) is 14.7. The maximum atomic E-state index is 12.8. The van der Waals surface area contributed by atoms with E-state index in [0.29, 0.717) is 53.3 Å². The minimum absolute atomic E-state index is 0.266. The fourth-order valence-corrected chi connectivity index (χ4v) is 3.55. The molecule has 9 heteroatoms. The third-order valence-electron chi connectivity index (χ3n) is 5.10. The Kier molecular flexibility index (Phi) is 7.45. The molecule has 3 rings (SSSR count). The van der Waals surface area contributed by atoms with Crippen LogP contribution in [0.15, 0.2) is 36.5 Å². The molecule has 0 saturated carbocycles. The number of nitrogens with two attached hydrogens (primary N) is 1. The lowest BCUT2D eigenvalue weighted by molar-refractivity contribution is 0.0188. The summed E-state index contributed by atoms with van der Waals surface area (Å²) in [7, 11) is 0. The number of likely N-dealkylation sites (tertiary alicyclic amines) is 1. The highest BCUT2D eigenvalue weighted by atomic mass is 35.5. The van der Waals surface area contributed by atoms with Gasteiger partial charge in [0.2, 0.25) is 0 Å². The van der Waals surface area contributed by atoms with Gasteiger partial charge >= 0.3 is 6.09 Å². The first-order valence-electron chi connectivity index (χ1n) is 10.6. The topological polar surface area (TPSA) is 110 Å². The van der Waals surface area contributed by atoms with Gasteiger partial charge in [-0.1, -0.05) is 11.6 Å². The highest BCUT2D eigenvalue weighted by Gasteiger charge is 2.27. The van der Waals surface area contributed by atoms with E-state index in [4.69, 9.17) is 22.1 Å². The Hall–Kier alpha value is -3.00. The minimum atomic E-state index is -0.497. The molecule has 0 unspecified atom stereocenters. The summed E-state index contributed by atoms with van der Waals surface area (Å²) >= 11 is 5.85. The lowest BCUT2D eigenvalue weighted by Crippen LogP contribution is -2.42. The molecule has 0 atom stereocenters. The molecule has 1 aromatic carbocycles. The van der Waals surface area contributed by atoms with Gasteiger partial charge in [0.05, 0.1) is 10.6 Å². The molecule has 0 radical (unpaired) electrons. The summed E-state index contributed by atoms with van der Waals surface area (Å²) < 4.78 is 5.45. The van der Waals surface area contributed by atoms with Crippen molar-refractivity contribution in [2.75, 3.05) is 36.0 Å². The molecule has 2 heterocycles. The summed E-state index contributed by atoms with van der Waals surface area (Å²) in [6, 6.07) is 8.49. The molecular weight excluding hydrogens is 430 g/mol. The van der Waals surface area contributed by atoms with Gasteiger partial charge in [0.15, 0.2) is 0 Å². The first-order chi connectivity index (χ1) is 15.1. The second kappa shape index (κ2) is 10.1. The molecule has 1 aromatic heterocycles. The Morgan fingerprint density at radius 3 is 2.56 bits per heavy atom. The summed E-state index contributed by atoms with van der Waals surface area (Å²) in [6.45, 7) is 7.59. The molecule has 32 heavy (non-hydrogen) atoms. The summed E-state index contributed by atoms with van der Waals surface area (Å²) in [5, 5.41) is 6.63. The molecule has 4 N–H and O–H groups in total. The van der Waals surface area contributed by atoms with E-state index in [2.05, 4.69) is 15.6 Å². The number of aromatic nitrogens is 1. The zero-order chi connectivity index (χ0) is 23.3. The van der Waals surface area contributed by atoms with Crippen LogP contribution < -0.4 is 16.4 Å². The zero-order valence-electron chi connectivity index (χ0n) is 18.7. The van der Waals surface area contributed by atoms with Crippen molar-refractivity contribution >= 4 is 40.8 Å². The van der Waals surface area contributed by atoms with Gasteiger partial charge in [-0.2, -0.15) is 0 Å². The number of benzene rings is 1. The van der Waals surface area contributed by atoms with Crippen LogP contribution in [0.3, 0.4) is 0 Å². The number of ether oxygens (including phenoxy) is 1. The number of rotatable bonds is 5. The van der Waals surface area contributed by atoms with Crippen LogP contribution in [-0.4, -0.2) is 47.1 Å². The van der Waals surface area contributed by atoms with Gasteiger partial charge in [-0.25, -0.2) is 9.78 Å².